The van der Waals surface area contributed by atoms with Crippen LogP contribution in [0.1, 0.15) is 0 Å². The van der Waals surface area contributed by atoms with Gasteiger partial charge in [0.1, 0.15) is 0 Å². The van der Waals surface area contributed by atoms with Crippen LogP contribution in [0, 0.1) is 0 Å². The SMILES string of the molecule is c1ccc(-c2cc(-c3ccccc3)cc(-c3ccc(-n4c5ccccc5c5c6c7ccccc7n(-c7ccccc7)c6ccc54)cc3)c2)cc1.c1ccc(-c2cc(-c3ccccc3)cc(-c3ccc(-n4c5ccccc5c5cc6c7ccccc7n(-c7ccccc7)c6cc54)cc3)c2)cc1.c1ccc(-c2cc(-c3ccccc3)cc(-c3ccc(-n4c5ccccc5c5ccc6c(c7ccccc7n6-c6ccccc6)c54)cc3)c2)cc1. The number of hydrogen-bond acceptors (Lipinski definition) is 0. The highest BCUT2D eigenvalue weighted by Gasteiger charge is 2.27. The number of para-hydroxylation sites is 9. The van der Waals surface area contributed by atoms with Crippen molar-refractivity contribution >= 4 is 131 Å². The molecule has 150 heavy (non-hydrogen) atoms. The predicted octanol–water partition coefficient (Wildman–Crippen LogP) is 38.6. The molecule has 0 fully saturated rings. The molecule has 0 bridgehead atoms. The van der Waals surface area contributed by atoms with Crippen LogP contribution >= 0.6 is 0 Å². The van der Waals surface area contributed by atoms with Crippen molar-refractivity contribution in [1.29, 1.82) is 0 Å². The Balaban J connectivity index is 0.000000108. The van der Waals surface area contributed by atoms with Gasteiger partial charge in [-0.25, -0.2) is 0 Å². The fourth-order valence-electron chi connectivity index (χ4n) is 23.4. The molecule has 0 N–H and O–H groups in total. The lowest BCUT2D eigenvalue weighted by molar-refractivity contribution is 1.16. The summed E-state index contributed by atoms with van der Waals surface area (Å²) in [5.74, 6) is 0. The van der Waals surface area contributed by atoms with Gasteiger partial charge >= 0.3 is 0 Å². The maximum Gasteiger partial charge on any atom is 0.0641 e. The Morgan fingerprint density at radius 3 is 0.553 bits per heavy atom. The summed E-state index contributed by atoms with van der Waals surface area (Å²) < 4.78 is 14.5. The van der Waals surface area contributed by atoms with Gasteiger partial charge in [-0.05, 0) is 294 Å². The molecule has 0 amide bonds. The van der Waals surface area contributed by atoms with Gasteiger partial charge in [-0.1, -0.05) is 388 Å². The lowest BCUT2D eigenvalue weighted by Crippen LogP contribution is -1.96. The van der Waals surface area contributed by atoms with Gasteiger partial charge in [-0.2, -0.15) is 0 Å². The van der Waals surface area contributed by atoms with E-state index in [1.807, 2.05) is 0 Å². The van der Waals surface area contributed by atoms with Crippen molar-refractivity contribution < 1.29 is 0 Å². The van der Waals surface area contributed by atoms with Crippen LogP contribution in [0.2, 0.25) is 0 Å². The first-order chi connectivity index (χ1) is 74.4. The Labute approximate surface area is 868 Å². The first-order valence-corrected chi connectivity index (χ1v) is 51.6. The Morgan fingerprint density at radius 2 is 0.273 bits per heavy atom. The van der Waals surface area contributed by atoms with E-state index in [2.05, 4.69) is 610 Å². The molecule has 6 heteroatoms. The van der Waals surface area contributed by atoms with E-state index in [4.69, 9.17) is 0 Å². The number of hydrogen-bond donors (Lipinski definition) is 0. The third-order valence-corrected chi connectivity index (χ3v) is 30.3. The van der Waals surface area contributed by atoms with Gasteiger partial charge in [0.2, 0.25) is 0 Å². The summed E-state index contributed by atoms with van der Waals surface area (Å²) in [5, 5.41) is 15.2. The topological polar surface area (TPSA) is 29.6 Å². The molecule has 0 saturated heterocycles. The molecular formula is C144H96N6. The van der Waals surface area contributed by atoms with E-state index in [0.717, 1.165) is 28.4 Å². The third-order valence-electron chi connectivity index (χ3n) is 30.3. The third kappa shape index (κ3) is 15.4. The minimum atomic E-state index is 1.14. The summed E-state index contributed by atoms with van der Waals surface area (Å²) in [6.07, 6.45) is 0. The zero-order chi connectivity index (χ0) is 99.1. The lowest BCUT2D eigenvalue weighted by atomic mass is 9.93. The van der Waals surface area contributed by atoms with Crippen molar-refractivity contribution in [1.82, 2.24) is 27.4 Å². The first-order valence-electron chi connectivity index (χ1n) is 51.6. The molecule has 6 aromatic heterocycles. The normalized spacial score (nSPS) is 11.6. The number of aromatic nitrogens is 6. The maximum absolute atomic E-state index is 2.47. The van der Waals surface area contributed by atoms with Crippen LogP contribution in [0.4, 0.5) is 0 Å². The average molecular weight is 1910 g/mol. The van der Waals surface area contributed by atoms with Crippen molar-refractivity contribution in [3.8, 4) is 134 Å². The largest absolute Gasteiger partial charge is 0.309 e. The van der Waals surface area contributed by atoms with Gasteiger partial charge in [-0.15, -0.1) is 0 Å². The fourth-order valence-corrected chi connectivity index (χ4v) is 23.4. The highest BCUT2D eigenvalue weighted by atomic mass is 15.0. The van der Waals surface area contributed by atoms with Crippen molar-refractivity contribution in [2.24, 2.45) is 0 Å². The van der Waals surface area contributed by atoms with Crippen molar-refractivity contribution in [3.05, 3.63) is 582 Å². The molecule has 0 aliphatic heterocycles. The smallest absolute Gasteiger partial charge is 0.0641 e. The number of nitrogens with zero attached hydrogens (tertiary/aromatic N) is 6. The Kier molecular flexibility index (Phi) is 21.9. The Morgan fingerprint density at radius 1 is 0.0867 bits per heavy atom. The molecule has 0 aliphatic rings. The van der Waals surface area contributed by atoms with Gasteiger partial charge in [0.15, 0.2) is 0 Å². The van der Waals surface area contributed by atoms with Crippen LogP contribution in [0.25, 0.3) is 265 Å². The number of fused-ring (bicyclic) bond motifs is 20. The average Bonchev–Trinajstić information content (AvgIpc) is 1.55. The lowest BCUT2D eigenvalue weighted by Gasteiger charge is -2.13. The summed E-state index contributed by atoms with van der Waals surface area (Å²) in [5.41, 5.74) is 43.2. The molecular weight excluding hydrogens is 1810 g/mol. The van der Waals surface area contributed by atoms with Crippen molar-refractivity contribution in [2.75, 3.05) is 0 Å². The predicted molar refractivity (Wildman–Crippen MR) is 634 cm³/mol. The first kappa shape index (κ1) is 87.8. The van der Waals surface area contributed by atoms with Crippen LogP contribution in [0.3, 0.4) is 0 Å². The molecule has 0 aliphatic carbocycles. The second-order valence-electron chi connectivity index (χ2n) is 39.0. The van der Waals surface area contributed by atoms with E-state index in [-0.39, 0.29) is 0 Å². The highest BCUT2D eigenvalue weighted by Crippen LogP contribution is 2.49. The van der Waals surface area contributed by atoms with Gasteiger partial charge in [-0.3, -0.25) is 0 Å². The van der Waals surface area contributed by atoms with Gasteiger partial charge < -0.3 is 27.4 Å². The summed E-state index contributed by atoms with van der Waals surface area (Å²) in [6, 6.07) is 211. The van der Waals surface area contributed by atoms with Gasteiger partial charge in [0.25, 0.3) is 0 Å². The quantitative estimate of drug-likeness (QED) is 0.0979. The van der Waals surface area contributed by atoms with Crippen LogP contribution in [0.15, 0.2) is 582 Å². The van der Waals surface area contributed by atoms with Crippen LogP contribution in [-0.4, -0.2) is 27.4 Å². The summed E-state index contributed by atoms with van der Waals surface area (Å²) in [7, 11) is 0. The van der Waals surface area contributed by atoms with Gasteiger partial charge in [0.05, 0.1) is 66.2 Å². The molecule has 30 aromatic rings. The number of rotatable bonds is 15. The van der Waals surface area contributed by atoms with Crippen LogP contribution in [0.5, 0.6) is 0 Å². The molecule has 0 atom stereocenters. The summed E-state index contributed by atoms with van der Waals surface area (Å²) in [4.78, 5) is 0. The minimum absolute atomic E-state index is 1.14. The zero-order valence-corrected chi connectivity index (χ0v) is 82.1. The van der Waals surface area contributed by atoms with Crippen molar-refractivity contribution in [3.63, 3.8) is 0 Å². The number of benzene rings is 24. The van der Waals surface area contributed by atoms with E-state index in [0.29, 0.717) is 0 Å². The van der Waals surface area contributed by atoms with E-state index in [9.17, 15) is 0 Å². The maximum atomic E-state index is 2.47. The monoisotopic (exact) mass is 1910 g/mol. The molecule has 702 valence electrons. The van der Waals surface area contributed by atoms with Gasteiger partial charge in [0, 0.05) is 98.8 Å². The standard InChI is InChI=1S/3C48H32N2/c1-4-14-33(15-5-1)36-28-37(34-16-6-2-7-17-34)30-38(29-36)35-24-26-40(27-25-35)50-46-23-13-11-21-42(46)44-31-43-41-20-10-12-22-45(41)49(47(43)32-48(44)50)39-18-8-3-9-19-39;1-4-14-33(15-5-1)36-30-37(34-16-6-2-7-17-34)32-38(31-36)35-24-26-40(27-25-35)50-44-22-12-10-20-41(44)42-28-29-46-47(48(42)50)43-21-11-13-23-45(43)49(46)39-18-8-3-9-19-39;1-4-14-33(15-5-1)36-30-37(34-16-6-2-7-17-34)32-38(31-36)35-24-26-40(27-25-35)50-44-23-13-11-21-42(44)48-46(50)29-28-45-47(48)41-20-10-12-22-43(41)49(45)39-18-8-3-9-19-39/h3*1-32H. The molecule has 30 rings (SSSR count). The molecule has 0 spiro atoms. The van der Waals surface area contributed by atoms with E-state index >= 15 is 0 Å². The highest BCUT2D eigenvalue weighted by molar-refractivity contribution is 6.30. The zero-order valence-electron chi connectivity index (χ0n) is 82.1. The van der Waals surface area contributed by atoms with Crippen LogP contribution < -0.4 is 0 Å². The van der Waals surface area contributed by atoms with E-state index in [1.165, 1.54) is 237 Å². The second kappa shape index (κ2) is 37.4. The second-order valence-corrected chi connectivity index (χ2v) is 39.0. The minimum Gasteiger partial charge on any atom is -0.309 e. The molecule has 0 radical (unpaired) electrons. The molecule has 24 aromatic carbocycles. The van der Waals surface area contributed by atoms with E-state index in [1.54, 1.807) is 0 Å². The van der Waals surface area contributed by atoms with Crippen molar-refractivity contribution in [2.45, 2.75) is 0 Å². The van der Waals surface area contributed by atoms with E-state index < -0.39 is 0 Å². The molecule has 6 heterocycles. The summed E-state index contributed by atoms with van der Waals surface area (Å²) in [6.45, 7) is 0. The summed E-state index contributed by atoms with van der Waals surface area (Å²) >= 11 is 0. The molecule has 0 saturated carbocycles. The Hall–Kier alpha value is -19.9. The fraction of sp³-hybridized carbons (Fsp3) is 0. The Bertz CT molecular complexity index is 10100. The van der Waals surface area contributed by atoms with Crippen LogP contribution in [-0.2, 0) is 0 Å². The molecule has 0 unspecified atom stereocenters. The molecule has 6 nitrogen and oxygen atoms in total.